The highest BCUT2D eigenvalue weighted by Gasteiger charge is 2.49. The van der Waals surface area contributed by atoms with Gasteiger partial charge >= 0.3 is 0 Å². The molecule has 6 rings (SSSR count). The Bertz CT molecular complexity index is 579. The highest BCUT2D eigenvalue weighted by Crippen LogP contribution is 2.53. The molecule has 5 heteroatoms. The lowest BCUT2D eigenvalue weighted by Crippen LogP contribution is -2.56. The molecule has 1 saturated heterocycles. The molecule has 0 aromatic carbocycles. The highest BCUT2D eigenvalue weighted by molar-refractivity contribution is 6.05. The smallest absolute Gasteiger partial charge is 0.233 e. The van der Waals surface area contributed by atoms with Crippen LogP contribution in [0.2, 0.25) is 0 Å². The standard InChI is InChI=1S/C21H30N2O3/c24-18(22-19-14-8-12-7-13(10-14)11-15(19)9-12)5-6-23-20(25)16-3-1-2-4-17(16)21(23)26/h12-17,19H,1-11H2,(H,22,24)/t12?,13?,14?,15?,16-,17-,19?/m0/s1. The van der Waals surface area contributed by atoms with Crippen molar-refractivity contribution in [2.24, 2.45) is 35.5 Å². The fraction of sp³-hybridized carbons (Fsp3) is 0.857. The lowest BCUT2D eigenvalue weighted by Gasteiger charge is -2.54. The van der Waals surface area contributed by atoms with E-state index in [9.17, 15) is 14.4 Å². The van der Waals surface area contributed by atoms with Crippen LogP contribution >= 0.6 is 0 Å². The molecule has 5 aliphatic carbocycles. The molecule has 4 bridgehead atoms. The molecule has 1 N–H and O–H groups in total. The molecular formula is C21H30N2O3. The van der Waals surface area contributed by atoms with E-state index in [0.29, 0.717) is 17.9 Å². The van der Waals surface area contributed by atoms with Crippen LogP contribution in [0.5, 0.6) is 0 Å². The lowest BCUT2D eigenvalue weighted by atomic mass is 9.54. The van der Waals surface area contributed by atoms with E-state index in [0.717, 1.165) is 37.5 Å². The zero-order chi connectivity index (χ0) is 17.8. The van der Waals surface area contributed by atoms with E-state index < -0.39 is 0 Å². The van der Waals surface area contributed by atoms with Crippen molar-refractivity contribution in [1.82, 2.24) is 10.2 Å². The van der Waals surface area contributed by atoms with Crippen LogP contribution in [0.25, 0.3) is 0 Å². The number of nitrogens with one attached hydrogen (secondary N) is 1. The van der Waals surface area contributed by atoms with Crippen molar-refractivity contribution in [3.05, 3.63) is 0 Å². The summed E-state index contributed by atoms with van der Waals surface area (Å²) in [6.45, 7) is 0.268. The zero-order valence-electron chi connectivity index (χ0n) is 15.5. The molecule has 0 radical (unpaired) electrons. The summed E-state index contributed by atoms with van der Waals surface area (Å²) in [6, 6.07) is 0.336. The summed E-state index contributed by atoms with van der Waals surface area (Å²) < 4.78 is 0. The number of hydrogen-bond acceptors (Lipinski definition) is 3. The van der Waals surface area contributed by atoms with Gasteiger partial charge in [-0.25, -0.2) is 0 Å². The average Bonchev–Trinajstić information content (AvgIpc) is 2.87. The van der Waals surface area contributed by atoms with Gasteiger partial charge in [0.05, 0.1) is 11.8 Å². The Kier molecular flexibility index (Phi) is 4.09. The number of rotatable bonds is 4. The van der Waals surface area contributed by atoms with Crippen molar-refractivity contribution in [3.8, 4) is 0 Å². The van der Waals surface area contributed by atoms with Gasteiger partial charge in [0.25, 0.3) is 0 Å². The van der Waals surface area contributed by atoms with Crippen molar-refractivity contribution in [3.63, 3.8) is 0 Å². The Balaban J connectivity index is 1.17. The molecule has 2 atom stereocenters. The first kappa shape index (κ1) is 16.8. The van der Waals surface area contributed by atoms with Gasteiger partial charge in [-0.1, -0.05) is 12.8 Å². The molecule has 0 spiro atoms. The summed E-state index contributed by atoms with van der Waals surface area (Å²) in [6.07, 6.45) is 10.6. The molecule has 1 heterocycles. The molecule has 6 aliphatic rings. The molecule has 0 aromatic heterocycles. The third-order valence-electron chi connectivity index (χ3n) is 8.05. The lowest BCUT2D eigenvalue weighted by molar-refractivity contribution is -0.140. The van der Waals surface area contributed by atoms with Gasteiger partial charge in [0, 0.05) is 19.0 Å². The second-order valence-corrected chi connectivity index (χ2v) is 9.60. The predicted octanol–water partition coefficient (Wildman–Crippen LogP) is 2.49. The Morgan fingerprint density at radius 3 is 1.96 bits per heavy atom. The van der Waals surface area contributed by atoms with Gasteiger partial charge in [-0.15, -0.1) is 0 Å². The molecule has 0 aromatic rings. The molecular weight excluding hydrogens is 328 g/mol. The van der Waals surface area contributed by atoms with Gasteiger partial charge in [0.2, 0.25) is 17.7 Å². The molecule has 1 aliphatic heterocycles. The van der Waals surface area contributed by atoms with Crippen molar-refractivity contribution < 1.29 is 14.4 Å². The molecule has 3 amide bonds. The normalized spacial score (nSPS) is 43.7. The van der Waals surface area contributed by atoms with Crippen molar-refractivity contribution in [2.45, 2.75) is 70.3 Å². The Labute approximate surface area is 155 Å². The Hall–Kier alpha value is -1.39. The summed E-state index contributed by atoms with van der Waals surface area (Å²) in [5.41, 5.74) is 0. The number of fused-ring (bicyclic) bond motifs is 1. The van der Waals surface area contributed by atoms with Crippen LogP contribution in [0, 0.1) is 35.5 Å². The molecule has 142 valence electrons. The van der Waals surface area contributed by atoms with Crippen LogP contribution in [0.3, 0.4) is 0 Å². The highest BCUT2D eigenvalue weighted by atomic mass is 16.2. The van der Waals surface area contributed by atoms with E-state index in [1.54, 1.807) is 0 Å². The number of carbonyl (C=O) groups excluding carboxylic acids is 3. The van der Waals surface area contributed by atoms with Gasteiger partial charge in [-0.2, -0.15) is 0 Å². The average molecular weight is 358 g/mol. The topological polar surface area (TPSA) is 66.5 Å². The van der Waals surface area contributed by atoms with E-state index in [2.05, 4.69) is 5.32 Å². The first-order valence-electron chi connectivity index (χ1n) is 10.7. The summed E-state index contributed by atoms with van der Waals surface area (Å²) in [4.78, 5) is 39.0. The van der Waals surface area contributed by atoms with Gasteiger partial charge < -0.3 is 5.32 Å². The summed E-state index contributed by atoms with van der Waals surface area (Å²) in [7, 11) is 0. The van der Waals surface area contributed by atoms with Crippen LogP contribution in [-0.2, 0) is 14.4 Å². The van der Waals surface area contributed by atoms with Crippen LogP contribution in [0.4, 0.5) is 0 Å². The maximum Gasteiger partial charge on any atom is 0.233 e. The third-order valence-corrected chi connectivity index (χ3v) is 8.05. The van der Waals surface area contributed by atoms with Gasteiger partial charge in [-0.3, -0.25) is 19.3 Å². The fourth-order valence-electron chi connectivity index (χ4n) is 7.08. The quantitative estimate of drug-likeness (QED) is 0.785. The number of hydrogen-bond donors (Lipinski definition) is 1. The van der Waals surface area contributed by atoms with Crippen LogP contribution in [0.15, 0.2) is 0 Å². The third kappa shape index (κ3) is 2.69. The number of imide groups is 1. The summed E-state index contributed by atoms with van der Waals surface area (Å²) in [5, 5.41) is 3.29. The predicted molar refractivity (Wildman–Crippen MR) is 95.8 cm³/mol. The molecule has 6 fully saturated rings. The minimum atomic E-state index is -0.108. The number of carbonyl (C=O) groups is 3. The Morgan fingerprint density at radius 1 is 0.885 bits per heavy atom. The van der Waals surface area contributed by atoms with E-state index in [-0.39, 0.29) is 42.5 Å². The van der Waals surface area contributed by atoms with Gasteiger partial charge in [0.15, 0.2) is 0 Å². The van der Waals surface area contributed by atoms with Crippen LogP contribution in [-0.4, -0.2) is 35.2 Å². The minimum absolute atomic E-state index is 0.0258. The second kappa shape index (κ2) is 6.35. The first-order chi connectivity index (χ1) is 12.6. The van der Waals surface area contributed by atoms with Crippen LogP contribution < -0.4 is 5.32 Å². The first-order valence-corrected chi connectivity index (χ1v) is 10.7. The van der Waals surface area contributed by atoms with Crippen molar-refractivity contribution >= 4 is 17.7 Å². The molecule has 5 saturated carbocycles. The minimum Gasteiger partial charge on any atom is -0.353 e. The van der Waals surface area contributed by atoms with Crippen molar-refractivity contribution in [1.29, 1.82) is 0 Å². The second-order valence-electron chi connectivity index (χ2n) is 9.60. The van der Waals surface area contributed by atoms with Gasteiger partial charge in [0.1, 0.15) is 0 Å². The summed E-state index contributed by atoms with van der Waals surface area (Å²) >= 11 is 0. The maximum atomic E-state index is 12.6. The van der Waals surface area contributed by atoms with E-state index in [1.165, 1.54) is 37.0 Å². The number of nitrogens with zero attached hydrogens (tertiary/aromatic N) is 1. The zero-order valence-corrected chi connectivity index (χ0v) is 15.5. The molecule has 5 nitrogen and oxygen atoms in total. The molecule has 26 heavy (non-hydrogen) atoms. The number of likely N-dealkylation sites (tertiary alicyclic amines) is 1. The van der Waals surface area contributed by atoms with Crippen LogP contribution in [0.1, 0.15) is 64.2 Å². The SMILES string of the molecule is O=C(CCN1C(=O)[C@H]2CCCC[C@@H]2C1=O)NC1C2CC3CC(C2)CC1C3. The number of amides is 3. The fourth-order valence-corrected chi connectivity index (χ4v) is 7.08. The molecule has 0 unspecified atom stereocenters. The van der Waals surface area contributed by atoms with Gasteiger partial charge in [-0.05, 0) is 68.6 Å². The van der Waals surface area contributed by atoms with E-state index in [1.807, 2.05) is 0 Å². The van der Waals surface area contributed by atoms with E-state index >= 15 is 0 Å². The maximum absolute atomic E-state index is 12.6. The van der Waals surface area contributed by atoms with E-state index in [4.69, 9.17) is 0 Å². The van der Waals surface area contributed by atoms with Crippen molar-refractivity contribution in [2.75, 3.05) is 6.54 Å². The monoisotopic (exact) mass is 358 g/mol. The summed E-state index contributed by atoms with van der Waals surface area (Å²) in [5.74, 6) is 2.87. The largest absolute Gasteiger partial charge is 0.353 e. The Morgan fingerprint density at radius 2 is 1.42 bits per heavy atom.